The van der Waals surface area contributed by atoms with Gasteiger partial charge in [-0.25, -0.2) is 4.98 Å². The number of rotatable bonds is 5. The fourth-order valence-electron chi connectivity index (χ4n) is 1.98. The molecule has 0 amide bonds. The summed E-state index contributed by atoms with van der Waals surface area (Å²) in [6, 6.07) is 2.29. The fraction of sp³-hybridized carbons (Fsp3) is 0.357. The highest BCUT2D eigenvalue weighted by Crippen LogP contribution is 2.26. The van der Waals surface area contributed by atoms with E-state index in [4.69, 9.17) is 4.52 Å². The van der Waals surface area contributed by atoms with E-state index in [1.54, 1.807) is 11.3 Å². The molecule has 0 aromatic carbocycles. The van der Waals surface area contributed by atoms with Gasteiger partial charge in [-0.15, -0.1) is 11.3 Å². The van der Waals surface area contributed by atoms with Crippen LogP contribution in [-0.4, -0.2) is 33.2 Å². The van der Waals surface area contributed by atoms with Crippen LogP contribution in [0.5, 0.6) is 0 Å². The van der Waals surface area contributed by atoms with E-state index in [9.17, 15) is 0 Å². The lowest BCUT2D eigenvalue weighted by atomic mass is 10.2. The number of aromatic nitrogens is 4. The highest BCUT2D eigenvalue weighted by Gasteiger charge is 2.14. The van der Waals surface area contributed by atoms with Gasteiger partial charge in [-0.3, -0.25) is 0 Å². The van der Waals surface area contributed by atoms with E-state index in [-0.39, 0.29) is 0 Å². The minimum Gasteiger partial charge on any atom is -0.357 e. The van der Waals surface area contributed by atoms with Gasteiger partial charge in [0.15, 0.2) is 5.82 Å². The van der Waals surface area contributed by atoms with Crippen LogP contribution < -0.4 is 5.32 Å². The second-order valence-corrected chi connectivity index (χ2v) is 6.03. The van der Waals surface area contributed by atoms with Crippen molar-refractivity contribution in [2.75, 3.05) is 7.05 Å². The summed E-state index contributed by atoms with van der Waals surface area (Å²) < 4.78 is 5.31. The van der Waals surface area contributed by atoms with E-state index in [0.717, 1.165) is 28.4 Å². The molecule has 1 atom stereocenters. The Kier molecular flexibility index (Phi) is 3.85. The standard InChI is InChI=1S/C14H17N5OS/c1-8(15-3)4-13-18-14(20-19-13)11-5-10(6-16-11)12-7-21-9(2)17-12/h5-8,15-16H,4H2,1-3H3. The van der Waals surface area contributed by atoms with Crippen molar-refractivity contribution in [2.24, 2.45) is 0 Å². The summed E-state index contributed by atoms with van der Waals surface area (Å²) in [4.78, 5) is 12.0. The molecule has 3 aromatic rings. The first-order valence-electron chi connectivity index (χ1n) is 6.77. The number of aromatic amines is 1. The highest BCUT2D eigenvalue weighted by molar-refractivity contribution is 7.09. The molecule has 0 saturated carbocycles. The highest BCUT2D eigenvalue weighted by atomic mass is 32.1. The molecule has 1 unspecified atom stereocenters. The number of hydrogen-bond donors (Lipinski definition) is 2. The van der Waals surface area contributed by atoms with Crippen LogP contribution in [-0.2, 0) is 6.42 Å². The number of thiazole rings is 1. The molecule has 0 aliphatic heterocycles. The van der Waals surface area contributed by atoms with E-state index >= 15 is 0 Å². The van der Waals surface area contributed by atoms with Crippen molar-refractivity contribution in [1.29, 1.82) is 0 Å². The van der Waals surface area contributed by atoms with Gasteiger partial charge in [0.1, 0.15) is 5.69 Å². The van der Waals surface area contributed by atoms with Crippen molar-refractivity contribution in [3.05, 3.63) is 28.5 Å². The summed E-state index contributed by atoms with van der Waals surface area (Å²) in [6.45, 7) is 4.07. The number of nitrogens with zero attached hydrogens (tertiary/aromatic N) is 3. The van der Waals surface area contributed by atoms with Crippen molar-refractivity contribution >= 4 is 11.3 Å². The van der Waals surface area contributed by atoms with Crippen molar-refractivity contribution in [3.8, 4) is 22.8 Å². The first-order chi connectivity index (χ1) is 10.2. The Hall–Kier alpha value is -1.99. The zero-order chi connectivity index (χ0) is 14.8. The molecular formula is C14H17N5OS. The zero-order valence-electron chi connectivity index (χ0n) is 12.2. The van der Waals surface area contributed by atoms with E-state index in [0.29, 0.717) is 17.8 Å². The number of aryl methyl sites for hydroxylation is 1. The quantitative estimate of drug-likeness (QED) is 0.757. The normalized spacial score (nSPS) is 12.7. The molecule has 2 N–H and O–H groups in total. The number of likely N-dealkylation sites (N-methyl/N-ethyl adjacent to an activating group) is 1. The van der Waals surface area contributed by atoms with Gasteiger partial charge in [-0.2, -0.15) is 4.98 Å². The van der Waals surface area contributed by atoms with Crippen molar-refractivity contribution < 1.29 is 4.52 Å². The molecule has 0 aliphatic carbocycles. The van der Waals surface area contributed by atoms with Gasteiger partial charge >= 0.3 is 0 Å². The lowest BCUT2D eigenvalue weighted by Crippen LogP contribution is -2.24. The molecule has 0 fully saturated rings. The molecule has 3 heterocycles. The predicted octanol–water partition coefficient (Wildman–Crippen LogP) is 2.65. The van der Waals surface area contributed by atoms with E-state index in [1.807, 2.05) is 31.6 Å². The molecule has 0 radical (unpaired) electrons. The number of nitrogens with one attached hydrogen (secondary N) is 2. The van der Waals surface area contributed by atoms with Gasteiger partial charge in [0.25, 0.3) is 5.89 Å². The van der Waals surface area contributed by atoms with Gasteiger partial charge in [0.2, 0.25) is 0 Å². The summed E-state index contributed by atoms with van der Waals surface area (Å²) in [5, 5.41) is 10.2. The minimum absolute atomic E-state index is 0.313. The monoisotopic (exact) mass is 303 g/mol. The number of hydrogen-bond acceptors (Lipinski definition) is 6. The maximum Gasteiger partial charge on any atom is 0.274 e. The van der Waals surface area contributed by atoms with Crippen molar-refractivity contribution in [2.45, 2.75) is 26.3 Å². The topological polar surface area (TPSA) is 79.6 Å². The molecule has 0 bridgehead atoms. The number of H-pyrrole nitrogens is 1. The van der Waals surface area contributed by atoms with Gasteiger partial charge < -0.3 is 14.8 Å². The SMILES string of the molecule is CNC(C)Cc1noc(-c2cc(-c3csc(C)n3)c[nH]2)n1. The Bertz CT molecular complexity index is 729. The van der Waals surface area contributed by atoms with Gasteiger partial charge in [0.05, 0.1) is 10.7 Å². The summed E-state index contributed by atoms with van der Waals surface area (Å²) >= 11 is 1.63. The molecule has 0 saturated heterocycles. The molecular weight excluding hydrogens is 286 g/mol. The fourth-order valence-corrected chi connectivity index (χ4v) is 2.61. The average Bonchev–Trinajstić information content (AvgIpc) is 3.17. The molecule has 3 aromatic heterocycles. The minimum atomic E-state index is 0.313. The Morgan fingerprint density at radius 2 is 2.29 bits per heavy atom. The van der Waals surface area contributed by atoms with Crippen molar-refractivity contribution in [1.82, 2.24) is 25.4 Å². The van der Waals surface area contributed by atoms with Crippen LogP contribution in [0.4, 0.5) is 0 Å². The molecule has 6 nitrogen and oxygen atoms in total. The van der Waals surface area contributed by atoms with Crippen LogP contribution in [0.25, 0.3) is 22.8 Å². The van der Waals surface area contributed by atoms with Crippen LogP contribution in [0, 0.1) is 6.92 Å². The third-order valence-electron chi connectivity index (χ3n) is 3.28. The smallest absolute Gasteiger partial charge is 0.274 e. The summed E-state index contributed by atoms with van der Waals surface area (Å²) in [6.07, 6.45) is 2.64. The summed E-state index contributed by atoms with van der Waals surface area (Å²) in [7, 11) is 1.92. The van der Waals surface area contributed by atoms with Crippen LogP contribution in [0.15, 0.2) is 22.2 Å². The maximum atomic E-state index is 5.31. The largest absolute Gasteiger partial charge is 0.357 e. The lowest BCUT2D eigenvalue weighted by molar-refractivity contribution is 0.417. The van der Waals surface area contributed by atoms with Crippen LogP contribution >= 0.6 is 11.3 Å². The molecule has 21 heavy (non-hydrogen) atoms. The second kappa shape index (κ2) is 5.79. The molecule has 3 rings (SSSR count). The Labute approximate surface area is 126 Å². The first kappa shape index (κ1) is 14.0. The summed E-state index contributed by atoms with van der Waals surface area (Å²) in [5.74, 6) is 1.21. The summed E-state index contributed by atoms with van der Waals surface area (Å²) in [5.41, 5.74) is 2.80. The molecule has 110 valence electrons. The van der Waals surface area contributed by atoms with Gasteiger partial charge in [0, 0.05) is 29.6 Å². The second-order valence-electron chi connectivity index (χ2n) is 4.96. The third kappa shape index (κ3) is 3.03. The van der Waals surface area contributed by atoms with Gasteiger partial charge in [-0.05, 0) is 27.0 Å². The molecule has 0 aliphatic rings. The van der Waals surface area contributed by atoms with Gasteiger partial charge in [-0.1, -0.05) is 5.16 Å². The van der Waals surface area contributed by atoms with Crippen LogP contribution in [0.3, 0.4) is 0 Å². The van der Waals surface area contributed by atoms with Crippen LogP contribution in [0.1, 0.15) is 17.8 Å². The zero-order valence-corrected chi connectivity index (χ0v) is 13.0. The third-order valence-corrected chi connectivity index (χ3v) is 4.05. The van der Waals surface area contributed by atoms with Crippen molar-refractivity contribution in [3.63, 3.8) is 0 Å². The first-order valence-corrected chi connectivity index (χ1v) is 7.65. The van der Waals surface area contributed by atoms with E-state index < -0.39 is 0 Å². The Morgan fingerprint density at radius 1 is 1.43 bits per heavy atom. The Morgan fingerprint density at radius 3 is 3.00 bits per heavy atom. The lowest BCUT2D eigenvalue weighted by Gasteiger charge is -2.04. The predicted molar refractivity (Wildman–Crippen MR) is 82.2 cm³/mol. The van der Waals surface area contributed by atoms with E-state index in [2.05, 4.69) is 32.3 Å². The average molecular weight is 303 g/mol. The molecule has 7 heteroatoms. The van der Waals surface area contributed by atoms with Crippen LogP contribution in [0.2, 0.25) is 0 Å². The maximum absolute atomic E-state index is 5.31. The molecule has 0 spiro atoms. The van der Waals surface area contributed by atoms with E-state index in [1.165, 1.54) is 0 Å². The Balaban J connectivity index is 1.80.